The highest BCUT2D eigenvalue weighted by molar-refractivity contribution is 5.78. The molecule has 1 saturated heterocycles. The second-order valence-electron chi connectivity index (χ2n) is 2.64. The van der Waals surface area contributed by atoms with Gasteiger partial charge >= 0.3 is 6.68 Å². The molecule has 0 radical (unpaired) electrons. The van der Waals surface area contributed by atoms with Crippen molar-refractivity contribution in [2.75, 3.05) is 7.05 Å². The lowest BCUT2D eigenvalue weighted by atomic mass is 10.2. The molecule has 1 rings (SSSR count). The van der Waals surface area contributed by atoms with E-state index in [1.807, 2.05) is 7.05 Å². The fourth-order valence-electron chi connectivity index (χ4n) is 0.948. The molecule has 1 atom stereocenters. The number of nitrogens with zero attached hydrogens (tertiary/aromatic N) is 1. The largest absolute Gasteiger partial charge is 0.379 e. The summed E-state index contributed by atoms with van der Waals surface area (Å²) in [6, 6.07) is 0.475. The van der Waals surface area contributed by atoms with Crippen LogP contribution in [0.5, 0.6) is 0 Å². The van der Waals surface area contributed by atoms with E-state index < -0.39 is 6.68 Å². The monoisotopic (exact) mass is 183 g/mol. The molecule has 72 valence electrons. The van der Waals surface area contributed by atoms with Crippen molar-refractivity contribution in [2.24, 2.45) is 0 Å². The smallest absolute Gasteiger partial charge is 0.343 e. The summed E-state index contributed by atoms with van der Waals surface area (Å²) in [5.74, 6) is 0.289. The maximum Gasteiger partial charge on any atom is 0.379 e. The Kier molecular flexibility index (Phi) is 4.70. The second kappa shape index (κ2) is 5.00. The number of likely N-dealkylation sites (tertiary alicyclic amines) is 1. The van der Waals surface area contributed by atoms with Gasteiger partial charge in [-0.05, 0) is 13.3 Å². The van der Waals surface area contributed by atoms with Gasteiger partial charge in [0.15, 0.2) is 0 Å². The molecule has 0 spiro atoms. The van der Waals surface area contributed by atoms with Crippen LogP contribution in [0, 0.1) is 0 Å². The fraction of sp³-hybridized carbons (Fsp3) is 0.857. The molecule has 0 aromatic rings. The predicted molar refractivity (Wildman–Crippen MR) is 38.6 cm³/mol. The van der Waals surface area contributed by atoms with E-state index >= 15 is 0 Å². The van der Waals surface area contributed by atoms with E-state index in [1.165, 1.54) is 0 Å². The van der Waals surface area contributed by atoms with E-state index in [0.717, 1.165) is 12.8 Å². The Morgan fingerprint density at radius 3 is 2.00 bits per heavy atom. The third kappa shape index (κ3) is 4.20. The van der Waals surface area contributed by atoms with Crippen molar-refractivity contribution >= 4 is 5.91 Å². The zero-order valence-corrected chi connectivity index (χ0v) is 7.06. The van der Waals surface area contributed by atoms with Crippen LogP contribution >= 0.6 is 0 Å². The van der Waals surface area contributed by atoms with Gasteiger partial charge in [-0.1, -0.05) is 0 Å². The Hall–Kier alpha value is -0.740. The van der Waals surface area contributed by atoms with Crippen LogP contribution in [0.25, 0.3) is 0 Å². The molecule has 0 saturated carbocycles. The molecule has 1 heterocycles. The van der Waals surface area contributed by atoms with Crippen molar-refractivity contribution in [3.05, 3.63) is 0 Å². The van der Waals surface area contributed by atoms with Gasteiger partial charge in [-0.2, -0.15) is 13.2 Å². The number of carbonyl (C=O) groups is 1. The van der Waals surface area contributed by atoms with Gasteiger partial charge in [0.1, 0.15) is 0 Å². The number of alkyl halides is 3. The Bertz CT molecular complexity index is 149. The Morgan fingerprint density at radius 2 is 1.92 bits per heavy atom. The summed E-state index contributed by atoms with van der Waals surface area (Å²) in [5.41, 5.74) is 0. The Labute approximate surface area is 69.3 Å². The van der Waals surface area contributed by atoms with Crippen LogP contribution in [0.15, 0.2) is 0 Å². The predicted octanol–water partition coefficient (Wildman–Crippen LogP) is 1.81. The van der Waals surface area contributed by atoms with Gasteiger partial charge < -0.3 is 4.90 Å². The van der Waals surface area contributed by atoms with E-state index in [1.54, 1.807) is 4.90 Å². The highest BCUT2D eigenvalue weighted by atomic mass is 19.4. The molecule has 0 aromatic heterocycles. The third-order valence-electron chi connectivity index (χ3n) is 1.83. The first-order valence-electron chi connectivity index (χ1n) is 3.63. The van der Waals surface area contributed by atoms with E-state index in [4.69, 9.17) is 0 Å². The topological polar surface area (TPSA) is 20.3 Å². The van der Waals surface area contributed by atoms with Crippen LogP contribution < -0.4 is 0 Å². The lowest BCUT2D eigenvalue weighted by Gasteiger charge is -2.13. The first-order chi connectivity index (χ1) is 5.45. The second-order valence-corrected chi connectivity index (χ2v) is 2.64. The van der Waals surface area contributed by atoms with E-state index in [9.17, 15) is 18.0 Å². The Balaban J connectivity index is 0.000000261. The van der Waals surface area contributed by atoms with Gasteiger partial charge in [0.2, 0.25) is 5.91 Å². The minimum absolute atomic E-state index is 0.289. The summed E-state index contributed by atoms with van der Waals surface area (Å²) in [6.07, 6.45) is 1.78. The van der Waals surface area contributed by atoms with E-state index in [2.05, 4.69) is 6.92 Å². The number of carbonyl (C=O) groups excluding carboxylic acids is 1. The highest BCUT2D eigenvalue weighted by Crippen LogP contribution is 2.14. The zero-order chi connectivity index (χ0) is 9.72. The zero-order valence-electron chi connectivity index (χ0n) is 7.06. The van der Waals surface area contributed by atoms with Crippen molar-refractivity contribution in [3.63, 3.8) is 0 Å². The minimum Gasteiger partial charge on any atom is -0.343 e. The normalized spacial score (nSPS) is 22.7. The standard InChI is InChI=1S/C6H11NO.CHF3/c1-5-3-4-6(8)7(5)2;2-1(3)4/h5H,3-4H2,1-2H3;1H. The fourth-order valence-corrected chi connectivity index (χ4v) is 0.948. The molecule has 0 N–H and O–H groups in total. The summed E-state index contributed by atoms with van der Waals surface area (Å²) in [4.78, 5) is 12.5. The molecule has 0 bridgehead atoms. The molecule has 1 fully saturated rings. The number of hydrogen-bond donors (Lipinski definition) is 0. The summed E-state index contributed by atoms with van der Waals surface area (Å²) >= 11 is 0. The first kappa shape index (κ1) is 11.3. The molecular formula is C7H12F3NO. The van der Waals surface area contributed by atoms with Crippen molar-refractivity contribution in [2.45, 2.75) is 32.5 Å². The van der Waals surface area contributed by atoms with Crippen LogP contribution in [0.2, 0.25) is 0 Å². The molecule has 0 aliphatic carbocycles. The van der Waals surface area contributed by atoms with Gasteiger partial charge in [-0.3, -0.25) is 4.79 Å². The van der Waals surface area contributed by atoms with Gasteiger partial charge in [0.05, 0.1) is 0 Å². The molecule has 2 nitrogen and oxygen atoms in total. The maximum atomic E-state index is 10.7. The summed E-state index contributed by atoms with van der Waals surface area (Å²) in [5, 5.41) is 0. The number of hydrogen-bond acceptors (Lipinski definition) is 1. The van der Waals surface area contributed by atoms with Crippen molar-refractivity contribution in [1.82, 2.24) is 4.90 Å². The number of amides is 1. The average molecular weight is 183 g/mol. The molecule has 1 aliphatic rings. The molecule has 1 aliphatic heterocycles. The van der Waals surface area contributed by atoms with Gasteiger partial charge in [0, 0.05) is 19.5 Å². The van der Waals surface area contributed by atoms with Crippen LogP contribution in [0.4, 0.5) is 13.2 Å². The molecule has 1 unspecified atom stereocenters. The Morgan fingerprint density at radius 1 is 1.50 bits per heavy atom. The molecule has 1 amide bonds. The highest BCUT2D eigenvalue weighted by Gasteiger charge is 2.22. The van der Waals surface area contributed by atoms with Crippen molar-refractivity contribution in [1.29, 1.82) is 0 Å². The van der Waals surface area contributed by atoms with Crippen LogP contribution in [0.3, 0.4) is 0 Å². The summed E-state index contributed by atoms with van der Waals surface area (Å²) in [7, 11) is 1.86. The van der Waals surface area contributed by atoms with Gasteiger partial charge in [0.25, 0.3) is 0 Å². The summed E-state index contributed by atoms with van der Waals surface area (Å²) in [6.45, 7) is -1.59. The minimum atomic E-state index is -3.67. The molecular weight excluding hydrogens is 171 g/mol. The van der Waals surface area contributed by atoms with E-state index in [0.29, 0.717) is 6.04 Å². The number of rotatable bonds is 0. The lowest BCUT2D eigenvalue weighted by Crippen LogP contribution is -2.25. The number of halogens is 3. The lowest BCUT2D eigenvalue weighted by molar-refractivity contribution is -0.127. The van der Waals surface area contributed by atoms with E-state index in [-0.39, 0.29) is 5.91 Å². The first-order valence-corrected chi connectivity index (χ1v) is 3.63. The van der Waals surface area contributed by atoms with Crippen LogP contribution in [-0.4, -0.2) is 30.6 Å². The average Bonchev–Trinajstić information content (AvgIpc) is 2.19. The van der Waals surface area contributed by atoms with Crippen molar-refractivity contribution in [3.8, 4) is 0 Å². The van der Waals surface area contributed by atoms with Gasteiger partial charge in [-0.25, -0.2) is 0 Å². The SMILES string of the molecule is CC1CCC(=O)N1C.FC(F)F. The van der Waals surface area contributed by atoms with Crippen molar-refractivity contribution < 1.29 is 18.0 Å². The quantitative estimate of drug-likeness (QED) is 0.560. The van der Waals surface area contributed by atoms with Gasteiger partial charge in [-0.15, -0.1) is 0 Å². The maximum absolute atomic E-state index is 10.7. The molecule has 0 aromatic carbocycles. The summed E-state index contributed by atoms with van der Waals surface area (Å²) < 4.78 is 29.0. The van der Waals surface area contributed by atoms with Crippen LogP contribution in [-0.2, 0) is 4.79 Å². The molecule has 5 heteroatoms. The van der Waals surface area contributed by atoms with Crippen LogP contribution in [0.1, 0.15) is 19.8 Å². The third-order valence-corrected chi connectivity index (χ3v) is 1.83. The molecule has 12 heavy (non-hydrogen) atoms.